The molecule has 3 atom stereocenters. The SMILES string of the molecule is CCCCCCCCCC(CCCCCCC)C(O)CN(CCCO)CCOCC(COC(=O)CCCCCC(=O)OC)COC(=O)CCC(OCCCCCCCC)OCCCCCCCC. The summed E-state index contributed by atoms with van der Waals surface area (Å²) in [5.74, 6) is -1.08. The smallest absolute Gasteiger partial charge is 0.305 e. The molecule has 404 valence electrons. The molecule has 0 aromatic carbocycles. The van der Waals surface area contributed by atoms with Gasteiger partial charge in [-0.15, -0.1) is 0 Å². The van der Waals surface area contributed by atoms with Gasteiger partial charge in [-0.05, 0) is 50.9 Å². The van der Waals surface area contributed by atoms with Gasteiger partial charge in [0.2, 0.25) is 0 Å². The van der Waals surface area contributed by atoms with E-state index in [-0.39, 0.29) is 69.0 Å². The molecule has 0 rings (SSSR count). The van der Waals surface area contributed by atoms with Crippen molar-refractivity contribution in [1.29, 1.82) is 0 Å². The molecule has 0 aliphatic heterocycles. The van der Waals surface area contributed by atoms with Crippen molar-refractivity contribution in [3.05, 3.63) is 0 Å². The van der Waals surface area contributed by atoms with Crippen LogP contribution in [0.5, 0.6) is 0 Å². The Morgan fingerprint density at radius 3 is 1.40 bits per heavy atom. The number of ether oxygens (including phenoxy) is 6. The standard InChI is InChI=1S/C56H109NO11/c1-6-10-14-18-21-23-28-35-51(34-27-22-17-13-9-4)52(59)46-57(40-33-42-58)41-45-64-47-50(48-67-54(61)37-30-26-29-36-53(60)63-5)49-68-55(62)38-39-56(65-43-31-24-19-15-11-7-2)66-44-32-25-20-16-12-8-3/h50-52,56,58-59H,6-49H2,1-5H3. The second-order valence-corrected chi connectivity index (χ2v) is 19.5. The summed E-state index contributed by atoms with van der Waals surface area (Å²) in [7, 11) is 1.37. The third-order valence-corrected chi connectivity index (χ3v) is 13.0. The van der Waals surface area contributed by atoms with E-state index in [1.807, 2.05) is 0 Å². The highest BCUT2D eigenvalue weighted by molar-refractivity contribution is 5.70. The van der Waals surface area contributed by atoms with Crippen molar-refractivity contribution in [2.75, 3.05) is 73.0 Å². The number of hydrogen-bond donors (Lipinski definition) is 2. The number of rotatable bonds is 54. The molecule has 0 aromatic rings. The van der Waals surface area contributed by atoms with Crippen LogP contribution in [-0.2, 0) is 42.8 Å². The third kappa shape index (κ3) is 44.1. The molecule has 0 aromatic heterocycles. The van der Waals surface area contributed by atoms with Crippen LogP contribution in [0.15, 0.2) is 0 Å². The molecule has 0 heterocycles. The molecule has 12 heteroatoms. The predicted molar refractivity (Wildman–Crippen MR) is 277 cm³/mol. The van der Waals surface area contributed by atoms with Gasteiger partial charge in [-0.25, -0.2) is 0 Å². The Morgan fingerprint density at radius 2 is 0.912 bits per heavy atom. The lowest BCUT2D eigenvalue weighted by Gasteiger charge is -2.30. The van der Waals surface area contributed by atoms with Gasteiger partial charge >= 0.3 is 17.9 Å². The maximum Gasteiger partial charge on any atom is 0.305 e. The quantitative estimate of drug-likeness (QED) is 0.0258. The molecule has 3 unspecified atom stereocenters. The summed E-state index contributed by atoms with van der Waals surface area (Å²) in [6.07, 6.45) is 33.8. The van der Waals surface area contributed by atoms with Crippen molar-refractivity contribution in [2.45, 2.75) is 258 Å². The summed E-state index contributed by atoms with van der Waals surface area (Å²) in [6.45, 7) is 12.7. The summed E-state index contributed by atoms with van der Waals surface area (Å²) >= 11 is 0. The van der Waals surface area contributed by atoms with Gasteiger partial charge in [0.05, 0.1) is 52.0 Å². The first kappa shape index (κ1) is 66.2. The topological polar surface area (TPSA) is 150 Å². The van der Waals surface area contributed by atoms with Gasteiger partial charge in [0.15, 0.2) is 6.29 Å². The Kier molecular flexibility index (Phi) is 50.1. The first-order valence-corrected chi connectivity index (χ1v) is 28.4. The van der Waals surface area contributed by atoms with E-state index in [0.29, 0.717) is 78.0 Å². The molecule has 0 radical (unpaired) electrons. The van der Waals surface area contributed by atoms with Crippen LogP contribution >= 0.6 is 0 Å². The van der Waals surface area contributed by atoms with Gasteiger partial charge < -0.3 is 38.6 Å². The molecule has 0 spiro atoms. The zero-order valence-corrected chi connectivity index (χ0v) is 44.9. The van der Waals surface area contributed by atoms with Crippen LogP contribution in [0.25, 0.3) is 0 Å². The molecule has 0 saturated heterocycles. The maximum atomic E-state index is 13.2. The third-order valence-electron chi connectivity index (χ3n) is 13.0. The second-order valence-electron chi connectivity index (χ2n) is 19.5. The number of aliphatic hydroxyl groups excluding tert-OH is 2. The van der Waals surface area contributed by atoms with E-state index in [0.717, 1.165) is 51.4 Å². The van der Waals surface area contributed by atoms with Crippen LogP contribution in [0.4, 0.5) is 0 Å². The van der Waals surface area contributed by atoms with Crippen molar-refractivity contribution in [3.8, 4) is 0 Å². The number of esters is 3. The van der Waals surface area contributed by atoms with Crippen LogP contribution in [0.1, 0.15) is 246 Å². The Bertz CT molecular complexity index is 1080. The molecular formula is C56H109NO11. The molecule has 12 nitrogen and oxygen atoms in total. The van der Waals surface area contributed by atoms with Crippen molar-refractivity contribution in [1.82, 2.24) is 4.90 Å². The number of methoxy groups -OCH3 is 1. The highest BCUT2D eigenvalue weighted by Gasteiger charge is 2.23. The van der Waals surface area contributed by atoms with Crippen molar-refractivity contribution < 1.29 is 53.0 Å². The monoisotopic (exact) mass is 972 g/mol. The van der Waals surface area contributed by atoms with Crippen LogP contribution in [0.2, 0.25) is 0 Å². The molecule has 0 saturated carbocycles. The first-order chi connectivity index (χ1) is 33.2. The Labute approximate surface area is 417 Å². The van der Waals surface area contributed by atoms with E-state index >= 15 is 0 Å². The summed E-state index contributed by atoms with van der Waals surface area (Å²) in [4.78, 5) is 39.6. The number of carbonyl (C=O) groups is 3. The minimum absolute atomic E-state index is 0.0403. The molecule has 0 bridgehead atoms. The van der Waals surface area contributed by atoms with Crippen LogP contribution in [0, 0.1) is 11.8 Å². The largest absolute Gasteiger partial charge is 0.469 e. The fourth-order valence-corrected chi connectivity index (χ4v) is 8.52. The maximum absolute atomic E-state index is 13.2. The van der Waals surface area contributed by atoms with E-state index in [2.05, 4.69) is 32.6 Å². The Morgan fingerprint density at radius 1 is 0.471 bits per heavy atom. The van der Waals surface area contributed by atoms with Crippen LogP contribution in [0.3, 0.4) is 0 Å². The molecule has 0 fully saturated rings. The minimum atomic E-state index is -0.463. The Balaban J connectivity index is 5.49. The van der Waals surface area contributed by atoms with E-state index in [9.17, 15) is 24.6 Å². The number of unbranched alkanes of at least 4 members (excludes halogenated alkanes) is 22. The lowest BCUT2D eigenvalue weighted by atomic mass is 9.89. The molecule has 0 aliphatic carbocycles. The second kappa shape index (κ2) is 51.5. The first-order valence-electron chi connectivity index (χ1n) is 28.4. The van der Waals surface area contributed by atoms with Gasteiger partial charge in [-0.1, -0.05) is 175 Å². The van der Waals surface area contributed by atoms with Gasteiger partial charge in [0.25, 0.3) is 0 Å². The fourth-order valence-electron chi connectivity index (χ4n) is 8.52. The summed E-state index contributed by atoms with van der Waals surface area (Å²) < 4.78 is 34.7. The van der Waals surface area contributed by atoms with E-state index in [1.54, 1.807) is 0 Å². The molecular weight excluding hydrogens is 863 g/mol. The highest BCUT2D eigenvalue weighted by Crippen LogP contribution is 2.24. The zero-order chi connectivity index (χ0) is 50.0. The minimum Gasteiger partial charge on any atom is -0.469 e. The average molecular weight is 972 g/mol. The van der Waals surface area contributed by atoms with Crippen LogP contribution < -0.4 is 0 Å². The van der Waals surface area contributed by atoms with Gasteiger partial charge in [0, 0.05) is 58.7 Å². The molecule has 2 N–H and O–H groups in total. The predicted octanol–water partition coefficient (Wildman–Crippen LogP) is 12.9. The normalized spacial score (nSPS) is 13.0. The average Bonchev–Trinajstić information content (AvgIpc) is 3.34. The summed E-state index contributed by atoms with van der Waals surface area (Å²) in [6, 6.07) is 0. The number of nitrogens with zero attached hydrogens (tertiary/aromatic N) is 1. The van der Waals surface area contributed by atoms with Gasteiger partial charge in [-0.3, -0.25) is 19.3 Å². The van der Waals surface area contributed by atoms with E-state index < -0.39 is 12.4 Å². The molecule has 0 aliphatic rings. The summed E-state index contributed by atoms with van der Waals surface area (Å²) in [5.41, 5.74) is 0. The number of hydrogen-bond acceptors (Lipinski definition) is 12. The number of carbonyl (C=O) groups excluding carboxylic acids is 3. The van der Waals surface area contributed by atoms with E-state index in [4.69, 9.17) is 28.4 Å². The highest BCUT2D eigenvalue weighted by atomic mass is 16.7. The van der Waals surface area contributed by atoms with Crippen molar-refractivity contribution in [3.63, 3.8) is 0 Å². The van der Waals surface area contributed by atoms with Gasteiger partial charge in [-0.2, -0.15) is 0 Å². The zero-order valence-electron chi connectivity index (χ0n) is 44.9. The molecule has 68 heavy (non-hydrogen) atoms. The Hall–Kier alpha value is -1.83. The number of aliphatic hydroxyl groups is 2. The van der Waals surface area contributed by atoms with E-state index in [1.165, 1.54) is 123 Å². The molecule has 0 amide bonds. The van der Waals surface area contributed by atoms with Crippen molar-refractivity contribution >= 4 is 17.9 Å². The lowest BCUT2D eigenvalue weighted by molar-refractivity contribution is -0.161. The fraction of sp³-hybridized carbons (Fsp3) is 0.946. The van der Waals surface area contributed by atoms with Crippen LogP contribution in [-0.4, -0.2) is 118 Å². The summed E-state index contributed by atoms with van der Waals surface area (Å²) in [5, 5.41) is 21.4. The van der Waals surface area contributed by atoms with Crippen molar-refractivity contribution in [2.24, 2.45) is 11.8 Å². The van der Waals surface area contributed by atoms with Gasteiger partial charge in [0.1, 0.15) is 0 Å². The lowest BCUT2D eigenvalue weighted by Crippen LogP contribution is -2.39.